The lowest BCUT2D eigenvalue weighted by molar-refractivity contribution is -0.117. The van der Waals surface area contributed by atoms with Crippen molar-refractivity contribution in [2.75, 3.05) is 13.1 Å². The largest absolute Gasteiger partial charge is 0.327 e. The number of carbonyl (C=O) groups is 1. The molecule has 2 heterocycles. The maximum absolute atomic E-state index is 12.6. The van der Waals surface area contributed by atoms with Crippen molar-refractivity contribution in [3.8, 4) is 0 Å². The van der Waals surface area contributed by atoms with E-state index < -0.39 is 10.0 Å². The molecule has 6 nitrogen and oxygen atoms in total. The molecule has 1 aliphatic rings. The first-order valence-corrected chi connectivity index (χ1v) is 10.6. The quantitative estimate of drug-likeness (QED) is 0.815. The molecule has 1 aromatic heterocycles. The highest BCUT2D eigenvalue weighted by atomic mass is 32.2. The highest BCUT2D eigenvalue weighted by Crippen LogP contribution is 2.21. The highest BCUT2D eigenvalue weighted by molar-refractivity contribution is 7.89. The van der Waals surface area contributed by atoms with Crippen LogP contribution in [-0.2, 0) is 28.3 Å². The Kier molecular flexibility index (Phi) is 5.51. The number of hydrogen-bond acceptors (Lipinski definition) is 4. The fourth-order valence-electron chi connectivity index (χ4n) is 2.79. The van der Waals surface area contributed by atoms with Crippen LogP contribution in [-0.4, -0.2) is 36.3 Å². The molecular formula is C17H21N3O3S2. The Bertz CT molecular complexity index is 905. The van der Waals surface area contributed by atoms with Crippen molar-refractivity contribution in [3.63, 3.8) is 0 Å². The molecule has 0 radical (unpaired) electrons. The minimum atomic E-state index is -3.43. The number of aryl methyl sites for hydroxylation is 1. The van der Waals surface area contributed by atoms with Crippen LogP contribution in [0.3, 0.4) is 0 Å². The normalized spacial score (nSPS) is 16.9. The topological polar surface area (TPSA) is 71.7 Å². The van der Waals surface area contributed by atoms with Crippen LogP contribution in [0.5, 0.6) is 0 Å². The zero-order chi connectivity index (χ0) is 17.9. The molecule has 1 saturated heterocycles. The van der Waals surface area contributed by atoms with Gasteiger partial charge in [0.1, 0.15) is 0 Å². The lowest BCUT2D eigenvalue weighted by atomic mass is 10.1. The van der Waals surface area contributed by atoms with Crippen LogP contribution >= 0.6 is 11.3 Å². The summed E-state index contributed by atoms with van der Waals surface area (Å²) in [4.78, 5) is 17.1. The van der Waals surface area contributed by atoms with E-state index in [0.29, 0.717) is 17.9 Å². The van der Waals surface area contributed by atoms with E-state index in [9.17, 15) is 13.2 Å². The molecule has 0 bridgehead atoms. The van der Waals surface area contributed by atoms with Crippen LogP contribution < -0.4 is 4.80 Å². The number of thiazole rings is 1. The van der Waals surface area contributed by atoms with E-state index in [1.165, 1.54) is 11.3 Å². The zero-order valence-corrected chi connectivity index (χ0v) is 15.7. The summed E-state index contributed by atoms with van der Waals surface area (Å²) in [6.07, 6.45) is 4.90. The van der Waals surface area contributed by atoms with Gasteiger partial charge in [-0.2, -0.15) is 9.30 Å². The Morgan fingerprint density at radius 1 is 1.16 bits per heavy atom. The summed E-state index contributed by atoms with van der Waals surface area (Å²) in [6, 6.07) is 6.55. The lowest BCUT2D eigenvalue weighted by Gasteiger charge is -2.25. The van der Waals surface area contributed by atoms with Gasteiger partial charge in [-0.3, -0.25) is 4.79 Å². The fraction of sp³-hybridized carbons (Fsp3) is 0.412. The third kappa shape index (κ3) is 4.26. The van der Waals surface area contributed by atoms with Gasteiger partial charge in [-0.05, 0) is 30.5 Å². The number of amides is 1. The van der Waals surface area contributed by atoms with E-state index in [2.05, 4.69) is 4.99 Å². The first-order valence-electron chi connectivity index (χ1n) is 8.23. The summed E-state index contributed by atoms with van der Waals surface area (Å²) in [5.41, 5.74) is 0.755. The van der Waals surface area contributed by atoms with Gasteiger partial charge >= 0.3 is 0 Å². The van der Waals surface area contributed by atoms with Crippen molar-refractivity contribution in [3.05, 3.63) is 46.2 Å². The summed E-state index contributed by atoms with van der Waals surface area (Å²) in [5, 5.41) is 1.87. The Morgan fingerprint density at radius 2 is 1.84 bits per heavy atom. The molecule has 134 valence electrons. The average Bonchev–Trinajstić information content (AvgIpc) is 3.01. The third-order valence-electron chi connectivity index (χ3n) is 4.21. The second-order valence-electron chi connectivity index (χ2n) is 6.09. The minimum absolute atomic E-state index is 0.155. The summed E-state index contributed by atoms with van der Waals surface area (Å²) in [5.74, 6) is -0.246. The summed E-state index contributed by atoms with van der Waals surface area (Å²) < 4.78 is 28.6. The van der Waals surface area contributed by atoms with Gasteiger partial charge in [0.2, 0.25) is 10.0 Å². The van der Waals surface area contributed by atoms with E-state index in [-0.39, 0.29) is 17.2 Å². The first kappa shape index (κ1) is 18.0. The van der Waals surface area contributed by atoms with Gasteiger partial charge in [-0.1, -0.05) is 18.6 Å². The van der Waals surface area contributed by atoms with Gasteiger partial charge in [0.15, 0.2) is 4.80 Å². The van der Waals surface area contributed by atoms with Gasteiger partial charge in [0.05, 0.1) is 11.3 Å². The second-order valence-corrected chi connectivity index (χ2v) is 8.90. The molecule has 2 aromatic rings. The SMILES string of the molecule is Cn1ccsc1=NC(=O)Cc1ccc(S(=O)(=O)N2CCCCC2)cc1. The summed E-state index contributed by atoms with van der Waals surface area (Å²) in [7, 11) is -1.59. The van der Waals surface area contributed by atoms with Gasteiger partial charge in [0.25, 0.3) is 5.91 Å². The van der Waals surface area contributed by atoms with E-state index in [1.807, 2.05) is 18.6 Å². The molecule has 0 spiro atoms. The number of rotatable bonds is 4. The van der Waals surface area contributed by atoms with Crippen LogP contribution in [0.2, 0.25) is 0 Å². The minimum Gasteiger partial charge on any atom is -0.327 e. The van der Waals surface area contributed by atoms with E-state index in [0.717, 1.165) is 24.8 Å². The number of piperidine rings is 1. The molecular weight excluding hydrogens is 358 g/mol. The van der Waals surface area contributed by atoms with Crippen LogP contribution in [0.25, 0.3) is 0 Å². The average molecular weight is 380 g/mol. The molecule has 0 saturated carbocycles. The second kappa shape index (κ2) is 7.63. The standard InChI is InChI=1S/C17H21N3O3S2/c1-19-11-12-24-17(19)18-16(21)13-14-5-7-15(8-6-14)25(22,23)20-9-3-2-4-10-20/h5-8,11-12H,2-4,9-10,13H2,1H3. The number of benzene rings is 1. The molecule has 3 rings (SSSR count). The van der Waals surface area contributed by atoms with Crippen LogP contribution in [0, 0.1) is 0 Å². The van der Waals surface area contributed by atoms with Gasteiger partial charge in [-0.25, -0.2) is 8.42 Å². The van der Waals surface area contributed by atoms with Gasteiger partial charge < -0.3 is 4.57 Å². The Balaban J connectivity index is 1.72. The molecule has 0 unspecified atom stereocenters. The van der Waals surface area contributed by atoms with Crippen LogP contribution in [0.4, 0.5) is 0 Å². The Morgan fingerprint density at radius 3 is 2.44 bits per heavy atom. The number of carbonyl (C=O) groups excluding carboxylic acids is 1. The Hall–Kier alpha value is -1.77. The van der Waals surface area contributed by atoms with Crippen molar-refractivity contribution < 1.29 is 13.2 Å². The van der Waals surface area contributed by atoms with Gasteiger partial charge in [-0.15, -0.1) is 11.3 Å². The zero-order valence-electron chi connectivity index (χ0n) is 14.1. The molecule has 25 heavy (non-hydrogen) atoms. The van der Waals surface area contributed by atoms with Crippen molar-refractivity contribution >= 4 is 27.3 Å². The molecule has 0 atom stereocenters. The fourth-order valence-corrected chi connectivity index (χ4v) is 5.05. The number of aromatic nitrogens is 1. The van der Waals surface area contributed by atoms with Crippen molar-refractivity contribution in [1.29, 1.82) is 0 Å². The molecule has 0 N–H and O–H groups in total. The van der Waals surface area contributed by atoms with E-state index in [1.54, 1.807) is 33.1 Å². The summed E-state index contributed by atoms with van der Waals surface area (Å²) in [6.45, 7) is 1.17. The third-order valence-corrected chi connectivity index (χ3v) is 6.97. The predicted octanol–water partition coefficient (Wildman–Crippen LogP) is 1.93. The van der Waals surface area contributed by atoms with E-state index >= 15 is 0 Å². The van der Waals surface area contributed by atoms with Crippen molar-refractivity contribution in [2.45, 2.75) is 30.6 Å². The molecule has 1 aromatic carbocycles. The maximum atomic E-state index is 12.6. The lowest BCUT2D eigenvalue weighted by Crippen LogP contribution is -2.35. The molecule has 8 heteroatoms. The van der Waals surface area contributed by atoms with Crippen LogP contribution in [0.1, 0.15) is 24.8 Å². The number of hydrogen-bond donors (Lipinski definition) is 0. The summed E-state index contributed by atoms with van der Waals surface area (Å²) >= 11 is 1.40. The van der Waals surface area contributed by atoms with Crippen LogP contribution in [0.15, 0.2) is 45.7 Å². The molecule has 1 aliphatic heterocycles. The first-order chi connectivity index (χ1) is 12.0. The number of nitrogens with zero attached hydrogens (tertiary/aromatic N) is 3. The van der Waals surface area contributed by atoms with E-state index in [4.69, 9.17) is 0 Å². The monoisotopic (exact) mass is 379 g/mol. The Labute approximate surface area is 151 Å². The molecule has 1 fully saturated rings. The maximum Gasteiger partial charge on any atom is 0.252 e. The highest BCUT2D eigenvalue weighted by Gasteiger charge is 2.25. The van der Waals surface area contributed by atoms with Gasteiger partial charge in [0, 0.05) is 31.7 Å². The van der Waals surface area contributed by atoms with Crippen molar-refractivity contribution in [2.24, 2.45) is 12.0 Å². The molecule has 0 aliphatic carbocycles. The van der Waals surface area contributed by atoms with Crippen molar-refractivity contribution in [1.82, 2.24) is 8.87 Å². The molecule has 1 amide bonds. The smallest absolute Gasteiger partial charge is 0.252 e. The predicted molar refractivity (Wildman–Crippen MR) is 96.6 cm³/mol. The number of sulfonamides is 1.